The third-order valence-electron chi connectivity index (χ3n) is 4.30. The van der Waals surface area contributed by atoms with Crippen LogP contribution in [0.4, 0.5) is 0 Å². The molecule has 2 aromatic rings. The summed E-state index contributed by atoms with van der Waals surface area (Å²) in [4.78, 5) is 0.126. The molecule has 0 aliphatic carbocycles. The Balaban J connectivity index is 2.36. The van der Waals surface area contributed by atoms with Crippen molar-refractivity contribution in [3.8, 4) is 23.0 Å². The van der Waals surface area contributed by atoms with E-state index in [1.165, 1.54) is 37.7 Å². The predicted octanol–water partition coefficient (Wildman–Crippen LogP) is 2.85. The summed E-state index contributed by atoms with van der Waals surface area (Å²) in [5.74, 6) is 1.98. The Bertz CT molecular complexity index is 911. The van der Waals surface area contributed by atoms with Gasteiger partial charge in [-0.25, -0.2) is 8.42 Å². The summed E-state index contributed by atoms with van der Waals surface area (Å²) in [7, 11) is 3.87. The van der Waals surface area contributed by atoms with Gasteiger partial charge in [0.05, 0.1) is 33.3 Å². The van der Waals surface area contributed by atoms with Crippen LogP contribution in [0, 0.1) is 6.92 Å². The van der Waals surface area contributed by atoms with Gasteiger partial charge in [0.1, 0.15) is 0 Å². The van der Waals surface area contributed by atoms with E-state index in [1.54, 1.807) is 26.4 Å². The number of sulfonamides is 1. The third-order valence-corrected chi connectivity index (χ3v) is 6.10. The Labute approximate surface area is 160 Å². The minimum Gasteiger partial charge on any atom is -0.493 e. The van der Waals surface area contributed by atoms with E-state index in [-0.39, 0.29) is 11.4 Å². The maximum atomic E-state index is 13.0. The summed E-state index contributed by atoms with van der Waals surface area (Å²) in [5.41, 5.74) is 1.72. The molecule has 7 nitrogen and oxygen atoms in total. The average Bonchev–Trinajstić information content (AvgIpc) is 2.68. The standard InChI is InChI=1S/C19H25NO6S/c1-13-9-17(24-4)18(25-5)10-14(13)12-20(2)27(21,22)15-7-8-16(23-3)19(11-15)26-6/h7-11H,12H2,1-6H3. The van der Waals surface area contributed by atoms with Gasteiger partial charge in [-0.1, -0.05) is 0 Å². The molecular weight excluding hydrogens is 370 g/mol. The molecule has 0 aliphatic rings. The summed E-state index contributed by atoms with van der Waals surface area (Å²) in [5, 5.41) is 0. The largest absolute Gasteiger partial charge is 0.493 e. The molecule has 8 heteroatoms. The van der Waals surface area contributed by atoms with E-state index < -0.39 is 10.0 Å². The second-order valence-electron chi connectivity index (χ2n) is 5.91. The topological polar surface area (TPSA) is 74.3 Å². The van der Waals surface area contributed by atoms with Gasteiger partial charge in [-0.2, -0.15) is 4.31 Å². The number of rotatable bonds is 8. The Hall–Kier alpha value is -2.45. The van der Waals surface area contributed by atoms with Gasteiger partial charge in [0.2, 0.25) is 10.0 Å². The van der Waals surface area contributed by atoms with Crippen molar-refractivity contribution in [3.05, 3.63) is 41.5 Å². The van der Waals surface area contributed by atoms with Crippen LogP contribution in [0.5, 0.6) is 23.0 Å². The van der Waals surface area contributed by atoms with Crippen molar-refractivity contribution in [1.29, 1.82) is 0 Å². The first-order valence-electron chi connectivity index (χ1n) is 8.18. The molecule has 0 saturated carbocycles. The van der Waals surface area contributed by atoms with Gasteiger partial charge in [0.15, 0.2) is 23.0 Å². The smallest absolute Gasteiger partial charge is 0.243 e. The van der Waals surface area contributed by atoms with Crippen LogP contribution in [-0.2, 0) is 16.6 Å². The summed E-state index contributed by atoms with van der Waals surface area (Å²) >= 11 is 0. The zero-order valence-electron chi connectivity index (χ0n) is 16.4. The molecule has 0 radical (unpaired) electrons. The minimum atomic E-state index is -3.72. The maximum absolute atomic E-state index is 13.0. The zero-order valence-corrected chi connectivity index (χ0v) is 17.2. The Kier molecular flexibility index (Phi) is 6.56. The van der Waals surface area contributed by atoms with E-state index in [0.29, 0.717) is 23.0 Å². The molecule has 0 spiro atoms. The maximum Gasteiger partial charge on any atom is 0.243 e. The van der Waals surface area contributed by atoms with Crippen LogP contribution in [0.1, 0.15) is 11.1 Å². The van der Waals surface area contributed by atoms with E-state index in [0.717, 1.165) is 11.1 Å². The number of hydrogen-bond donors (Lipinski definition) is 0. The number of methoxy groups -OCH3 is 4. The minimum absolute atomic E-state index is 0.126. The predicted molar refractivity (Wildman–Crippen MR) is 102 cm³/mol. The van der Waals surface area contributed by atoms with E-state index in [4.69, 9.17) is 18.9 Å². The van der Waals surface area contributed by atoms with Gasteiger partial charge < -0.3 is 18.9 Å². The fourth-order valence-electron chi connectivity index (χ4n) is 2.67. The molecule has 0 amide bonds. The molecule has 0 saturated heterocycles. The highest BCUT2D eigenvalue weighted by molar-refractivity contribution is 7.89. The number of aryl methyl sites for hydroxylation is 1. The van der Waals surface area contributed by atoms with Crippen LogP contribution in [0.2, 0.25) is 0 Å². The lowest BCUT2D eigenvalue weighted by Crippen LogP contribution is -2.27. The normalized spacial score (nSPS) is 11.4. The molecule has 148 valence electrons. The van der Waals surface area contributed by atoms with Crippen LogP contribution in [0.25, 0.3) is 0 Å². The fraction of sp³-hybridized carbons (Fsp3) is 0.368. The number of nitrogens with zero attached hydrogens (tertiary/aromatic N) is 1. The SMILES string of the molecule is COc1ccc(S(=O)(=O)N(C)Cc2cc(OC)c(OC)cc2C)cc1OC. The fourth-order valence-corrected chi connectivity index (χ4v) is 3.84. The highest BCUT2D eigenvalue weighted by Crippen LogP contribution is 2.33. The number of hydrogen-bond acceptors (Lipinski definition) is 6. The van der Waals surface area contributed by atoms with Crippen LogP contribution < -0.4 is 18.9 Å². The lowest BCUT2D eigenvalue weighted by molar-refractivity contribution is 0.353. The average molecular weight is 395 g/mol. The van der Waals surface area contributed by atoms with Gasteiger partial charge in [-0.15, -0.1) is 0 Å². The molecule has 0 atom stereocenters. The Morgan fingerprint density at radius 1 is 0.815 bits per heavy atom. The molecule has 0 aliphatic heterocycles. The second kappa shape index (κ2) is 8.49. The first-order chi connectivity index (χ1) is 12.8. The quantitative estimate of drug-likeness (QED) is 0.684. The van der Waals surface area contributed by atoms with Crippen LogP contribution in [-0.4, -0.2) is 48.2 Å². The molecule has 0 fully saturated rings. The van der Waals surface area contributed by atoms with Crippen molar-refractivity contribution < 1.29 is 27.4 Å². The van der Waals surface area contributed by atoms with E-state index in [2.05, 4.69) is 0 Å². The lowest BCUT2D eigenvalue weighted by Gasteiger charge is -2.20. The Morgan fingerprint density at radius 2 is 1.33 bits per heavy atom. The van der Waals surface area contributed by atoms with Gasteiger partial charge in [-0.05, 0) is 42.3 Å². The highest BCUT2D eigenvalue weighted by atomic mass is 32.2. The third kappa shape index (κ3) is 4.28. The van der Waals surface area contributed by atoms with Crippen LogP contribution in [0.15, 0.2) is 35.2 Å². The van der Waals surface area contributed by atoms with Crippen molar-refractivity contribution in [2.75, 3.05) is 35.5 Å². The number of ether oxygens (including phenoxy) is 4. The molecule has 0 unspecified atom stereocenters. The first-order valence-corrected chi connectivity index (χ1v) is 9.62. The van der Waals surface area contributed by atoms with Crippen LogP contribution >= 0.6 is 0 Å². The van der Waals surface area contributed by atoms with Crippen molar-refractivity contribution in [3.63, 3.8) is 0 Å². The molecule has 0 N–H and O–H groups in total. The van der Waals surface area contributed by atoms with Crippen molar-refractivity contribution in [2.45, 2.75) is 18.4 Å². The molecule has 27 heavy (non-hydrogen) atoms. The Morgan fingerprint density at radius 3 is 1.89 bits per heavy atom. The first kappa shape index (κ1) is 20.9. The molecule has 0 aromatic heterocycles. The second-order valence-corrected chi connectivity index (χ2v) is 7.96. The summed E-state index contributed by atoms with van der Waals surface area (Å²) in [6, 6.07) is 8.13. The van der Waals surface area contributed by atoms with Gasteiger partial charge in [0.25, 0.3) is 0 Å². The molecule has 0 heterocycles. The molecule has 2 rings (SSSR count). The molecular formula is C19H25NO6S. The molecule has 2 aromatic carbocycles. The van der Waals surface area contributed by atoms with E-state index >= 15 is 0 Å². The van der Waals surface area contributed by atoms with E-state index in [1.807, 2.05) is 13.0 Å². The summed E-state index contributed by atoms with van der Waals surface area (Å²) in [6.45, 7) is 2.08. The van der Waals surface area contributed by atoms with Gasteiger partial charge in [-0.3, -0.25) is 0 Å². The summed E-state index contributed by atoms with van der Waals surface area (Å²) in [6.07, 6.45) is 0. The van der Waals surface area contributed by atoms with Gasteiger partial charge in [0, 0.05) is 19.7 Å². The van der Waals surface area contributed by atoms with Crippen molar-refractivity contribution >= 4 is 10.0 Å². The van der Waals surface area contributed by atoms with Crippen molar-refractivity contribution in [2.24, 2.45) is 0 Å². The zero-order chi connectivity index (χ0) is 20.2. The number of benzene rings is 2. The van der Waals surface area contributed by atoms with Crippen LogP contribution in [0.3, 0.4) is 0 Å². The van der Waals surface area contributed by atoms with Gasteiger partial charge >= 0.3 is 0 Å². The highest BCUT2D eigenvalue weighted by Gasteiger charge is 2.24. The summed E-state index contributed by atoms with van der Waals surface area (Å²) < 4.78 is 48.2. The monoisotopic (exact) mass is 395 g/mol. The van der Waals surface area contributed by atoms with Crippen molar-refractivity contribution in [1.82, 2.24) is 4.31 Å². The van der Waals surface area contributed by atoms with E-state index in [9.17, 15) is 8.42 Å². The lowest BCUT2D eigenvalue weighted by atomic mass is 10.1. The molecule has 0 bridgehead atoms.